The lowest BCUT2D eigenvalue weighted by Gasteiger charge is -2.50. The lowest BCUT2D eigenvalue weighted by Crippen LogP contribution is -2.60. The van der Waals surface area contributed by atoms with Gasteiger partial charge in [0.25, 0.3) is 0 Å². The van der Waals surface area contributed by atoms with Crippen LogP contribution >= 0.6 is 0 Å². The molecule has 0 aromatic heterocycles. The summed E-state index contributed by atoms with van der Waals surface area (Å²) in [4.78, 5) is 5.10. The highest BCUT2D eigenvalue weighted by atomic mass is 19.1. The van der Waals surface area contributed by atoms with Crippen molar-refractivity contribution in [3.8, 4) is 0 Å². The molecule has 0 unspecified atom stereocenters. The van der Waals surface area contributed by atoms with E-state index in [0.29, 0.717) is 12.1 Å². The predicted molar refractivity (Wildman–Crippen MR) is 111 cm³/mol. The molecule has 0 spiro atoms. The molecule has 0 atom stereocenters. The van der Waals surface area contributed by atoms with E-state index in [9.17, 15) is 4.39 Å². The van der Waals surface area contributed by atoms with Gasteiger partial charge >= 0.3 is 0 Å². The van der Waals surface area contributed by atoms with Crippen LogP contribution in [0.1, 0.15) is 28.3 Å². The second-order valence-electron chi connectivity index (χ2n) is 7.93. The lowest BCUT2D eigenvalue weighted by molar-refractivity contribution is 0.00701. The van der Waals surface area contributed by atoms with E-state index in [0.717, 1.165) is 43.7 Å². The van der Waals surface area contributed by atoms with Crippen LogP contribution in [0, 0.1) is 5.82 Å². The normalized spacial score (nSPS) is 18.1. The summed E-state index contributed by atoms with van der Waals surface area (Å²) in [5.74, 6) is -0.0411. The molecular formula is C25H25FN2. The van der Waals surface area contributed by atoms with E-state index in [1.807, 2.05) is 6.07 Å². The summed E-state index contributed by atoms with van der Waals surface area (Å²) in [6, 6.07) is 27.9. The van der Waals surface area contributed by atoms with Gasteiger partial charge < -0.3 is 0 Å². The van der Waals surface area contributed by atoms with Crippen LogP contribution in [0.4, 0.5) is 4.39 Å². The van der Waals surface area contributed by atoms with Crippen LogP contribution in [0.5, 0.6) is 0 Å². The second-order valence-corrected chi connectivity index (χ2v) is 7.93. The monoisotopic (exact) mass is 372 g/mol. The Hall–Kier alpha value is -2.49. The predicted octanol–water partition coefficient (Wildman–Crippen LogP) is 4.66. The molecule has 0 N–H and O–H groups in total. The zero-order chi connectivity index (χ0) is 18.9. The van der Waals surface area contributed by atoms with Crippen molar-refractivity contribution in [2.24, 2.45) is 0 Å². The highest BCUT2D eigenvalue weighted by molar-refractivity contribution is 5.33. The number of rotatable bonds is 4. The van der Waals surface area contributed by atoms with Gasteiger partial charge in [0.2, 0.25) is 0 Å². The van der Waals surface area contributed by atoms with Gasteiger partial charge in [-0.05, 0) is 34.7 Å². The van der Waals surface area contributed by atoms with E-state index in [2.05, 4.69) is 76.5 Å². The molecule has 3 aromatic rings. The van der Waals surface area contributed by atoms with Crippen LogP contribution in [0.15, 0.2) is 78.9 Å². The number of hydrogen-bond donors (Lipinski definition) is 0. The van der Waals surface area contributed by atoms with E-state index in [1.54, 1.807) is 6.07 Å². The van der Waals surface area contributed by atoms with Crippen LogP contribution in [0.25, 0.3) is 0 Å². The summed E-state index contributed by atoms with van der Waals surface area (Å²) in [6.07, 6.45) is 0.819. The minimum absolute atomic E-state index is 0.0411. The van der Waals surface area contributed by atoms with Crippen LogP contribution in [0.3, 0.4) is 0 Å². The first-order valence-corrected chi connectivity index (χ1v) is 10.1. The highest BCUT2D eigenvalue weighted by Crippen LogP contribution is 2.35. The quantitative estimate of drug-likeness (QED) is 0.657. The average Bonchev–Trinajstić information content (AvgIpc) is 2.71. The van der Waals surface area contributed by atoms with Crippen molar-refractivity contribution in [1.82, 2.24) is 9.80 Å². The highest BCUT2D eigenvalue weighted by Gasteiger charge is 2.38. The Kier molecular flexibility index (Phi) is 4.71. The lowest BCUT2D eigenvalue weighted by atomic mass is 9.91. The maximum Gasteiger partial charge on any atom is 0.126 e. The smallest absolute Gasteiger partial charge is 0.126 e. The molecule has 1 fully saturated rings. The molecule has 142 valence electrons. The Balaban J connectivity index is 1.32. The molecule has 0 aliphatic carbocycles. The van der Waals surface area contributed by atoms with Gasteiger partial charge in [-0.1, -0.05) is 72.8 Å². The standard InChI is InChI=1S/C25H25FN2/c26-24-13-7-12-21-16-27(15-14-23(21)24)22-17-28(18-22)25(19-8-3-1-4-9-19)20-10-5-2-6-11-20/h1-13,22,25H,14-18H2. The van der Waals surface area contributed by atoms with Gasteiger partial charge in [-0.2, -0.15) is 0 Å². The summed E-state index contributed by atoms with van der Waals surface area (Å²) in [5.41, 5.74) is 4.77. The van der Waals surface area contributed by atoms with Gasteiger partial charge in [-0.15, -0.1) is 0 Å². The molecule has 0 amide bonds. The Morgan fingerprint density at radius 3 is 2.07 bits per heavy atom. The number of hydrogen-bond acceptors (Lipinski definition) is 2. The van der Waals surface area contributed by atoms with Crippen molar-refractivity contribution in [1.29, 1.82) is 0 Å². The van der Waals surface area contributed by atoms with Gasteiger partial charge in [0.1, 0.15) is 5.82 Å². The second kappa shape index (κ2) is 7.50. The third-order valence-corrected chi connectivity index (χ3v) is 6.24. The summed E-state index contributed by atoms with van der Waals surface area (Å²) >= 11 is 0. The first-order valence-electron chi connectivity index (χ1n) is 10.1. The van der Waals surface area contributed by atoms with Crippen LogP contribution < -0.4 is 0 Å². The molecular weight excluding hydrogens is 347 g/mol. The van der Waals surface area contributed by atoms with Crippen molar-refractivity contribution in [3.05, 3.63) is 107 Å². The summed E-state index contributed by atoms with van der Waals surface area (Å²) in [7, 11) is 0. The van der Waals surface area contributed by atoms with Gasteiger partial charge in [-0.25, -0.2) is 4.39 Å². The summed E-state index contributed by atoms with van der Waals surface area (Å²) in [5, 5.41) is 0. The Morgan fingerprint density at radius 1 is 0.786 bits per heavy atom. The number of likely N-dealkylation sites (tertiary alicyclic amines) is 1. The van der Waals surface area contributed by atoms with E-state index in [1.165, 1.54) is 11.1 Å². The van der Waals surface area contributed by atoms with Crippen molar-refractivity contribution >= 4 is 0 Å². The molecule has 1 saturated heterocycles. The van der Waals surface area contributed by atoms with Gasteiger partial charge in [0.05, 0.1) is 6.04 Å². The van der Waals surface area contributed by atoms with E-state index < -0.39 is 0 Å². The first-order chi connectivity index (χ1) is 13.8. The maximum atomic E-state index is 14.0. The minimum atomic E-state index is -0.0411. The Bertz CT molecular complexity index is 896. The summed E-state index contributed by atoms with van der Waals surface area (Å²) < 4.78 is 14.0. The number of halogens is 1. The molecule has 0 radical (unpaired) electrons. The SMILES string of the molecule is Fc1cccc2c1CCN(C1CN(C(c3ccccc3)c3ccccc3)C1)C2. The third kappa shape index (κ3) is 3.25. The Morgan fingerprint density at radius 2 is 1.43 bits per heavy atom. The Labute approximate surface area is 166 Å². The van der Waals surface area contributed by atoms with Crippen molar-refractivity contribution in [2.45, 2.75) is 25.0 Å². The first kappa shape index (κ1) is 17.6. The summed E-state index contributed by atoms with van der Waals surface area (Å²) in [6.45, 7) is 3.93. The van der Waals surface area contributed by atoms with Gasteiger partial charge in [0, 0.05) is 32.2 Å². The fourth-order valence-corrected chi connectivity index (χ4v) is 4.71. The zero-order valence-electron chi connectivity index (χ0n) is 16.0. The van der Waals surface area contributed by atoms with Crippen molar-refractivity contribution in [2.75, 3.05) is 19.6 Å². The van der Waals surface area contributed by atoms with E-state index >= 15 is 0 Å². The topological polar surface area (TPSA) is 6.48 Å². The van der Waals surface area contributed by atoms with Crippen LogP contribution in [-0.4, -0.2) is 35.5 Å². The largest absolute Gasteiger partial charge is 0.293 e. The molecule has 2 nitrogen and oxygen atoms in total. The third-order valence-electron chi connectivity index (χ3n) is 6.24. The van der Waals surface area contributed by atoms with Crippen molar-refractivity contribution in [3.63, 3.8) is 0 Å². The van der Waals surface area contributed by atoms with E-state index in [4.69, 9.17) is 0 Å². The number of benzene rings is 3. The molecule has 2 aliphatic heterocycles. The average molecular weight is 372 g/mol. The fourth-order valence-electron chi connectivity index (χ4n) is 4.71. The fraction of sp³-hybridized carbons (Fsp3) is 0.280. The van der Waals surface area contributed by atoms with Gasteiger partial charge in [-0.3, -0.25) is 9.80 Å². The molecule has 2 aliphatic rings. The maximum absolute atomic E-state index is 14.0. The molecule has 2 heterocycles. The molecule has 3 heteroatoms. The minimum Gasteiger partial charge on any atom is -0.293 e. The zero-order valence-corrected chi connectivity index (χ0v) is 16.0. The molecule has 0 bridgehead atoms. The van der Waals surface area contributed by atoms with Gasteiger partial charge in [0.15, 0.2) is 0 Å². The molecule has 3 aromatic carbocycles. The van der Waals surface area contributed by atoms with Crippen LogP contribution in [-0.2, 0) is 13.0 Å². The van der Waals surface area contributed by atoms with Crippen molar-refractivity contribution < 1.29 is 4.39 Å². The number of nitrogens with zero attached hydrogens (tertiary/aromatic N) is 2. The molecule has 0 saturated carbocycles. The van der Waals surface area contributed by atoms with E-state index in [-0.39, 0.29) is 5.82 Å². The number of fused-ring (bicyclic) bond motifs is 1. The molecule has 28 heavy (non-hydrogen) atoms. The molecule has 5 rings (SSSR count). The van der Waals surface area contributed by atoms with Crippen LogP contribution in [0.2, 0.25) is 0 Å².